The maximum Gasteiger partial charge on any atom is 0.325 e. The first kappa shape index (κ1) is 20.2. The number of carbonyl (C=O) groups excluding carboxylic acids is 2. The van der Waals surface area contributed by atoms with Crippen LogP contribution in [0.3, 0.4) is 0 Å². The molecule has 1 aromatic heterocycles. The van der Waals surface area contributed by atoms with Crippen molar-refractivity contribution in [3.05, 3.63) is 22.4 Å². The van der Waals surface area contributed by atoms with Crippen LogP contribution in [0.25, 0.3) is 0 Å². The second-order valence-electron chi connectivity index (χ2n) is 6.57. The van der Waals surface area contributed by atoms with Crippen molar-refractivity contribution < 1.29 is 9.59 Å². The molecule has 0 spiro atoms. The SMILES string of the molecule is CCNC(=NCCCN1C(=O)NC(C)(CC)C1=O)NC(C)c1cccs1. The molecule has 8 heteroatoms. The number of carbonyl (C=O) groups is 2. The summed E-state index contributed by atoms with van der Waals surface area (Å²) in [6.45, 7) is 9.46. The molecule has 2 heterocycles. The number of imide groups is 1. The minimum absolute atomic E-state index is 0.148. The van der Waals surface area contributed by atoms with Gasteiger partial charge in [-0.3, -0.25) is 14.7 Å². The first-order valence-corrected chi connectivity index (χ1v) is 10.0. The van der Waals surface area contributed by atoms with E-state index >= 15 is 0 Å². The summed E-state index contributed by atoms with van der Waals surface area (Å²) >= 11 is 1.70. The van der Waals surface area contributed by atoms with Gasteiger partial charge >= 0.3 is 6.03 Å². The molecule has 3 amide bonds. The Bertz CT molecular complexity index is 646. The maximum absolute atomic E-state index is 12.4. The van der Waals surface area contributed by atoms with Crippen molar-refractivity contribution in [3.8, 4) is 0 Å². The van der Waals surface area contributed by atoms with Crippen LogP contribution in [0.4, 0.5) is 4.79 Å². The first-order valence-electron chi connectivity index (χ1n) is 9.13. The van der Waals surface area contributed by atoms with Gasteiger partial charge in [-0.05, 0) is 45.1 Å². The molecular weight excluding hydrogens is 350 g/mol. The lowest BCUT2D eigenvalue weighted by atomic mass is 9.99. The van der Waals surface area contributed by atoms with Crippen LogP contribution < -0.4 is 16.0 Å². The Hall–Kier alpha value is -2.09. The number of nitrogens with zero attached hydrogens (tertiary/aromatic N) is 2. The van der Waals surface area contributed by atoms with Crippen LogP contribution in [-0.2, 0) is 4.79 Å². The van der Waals surface area contributed by atoms with Crippen LogP contribution in [-0.4, -0.2) is 48.0 Å². The predicted octanol–water partition coefficient (Wildman–Crippen LogP) is 2.47. The molecule has 0 aromatic carbocycles. The summed E-state index contributed by atoms with van der Waals surface area (Å²) in [6.07, 6.45) is 1.21. The van der Waals surface area contributed by atoms with Gasteiger partial charge in [0.1, 0.15) is 5.54 Å². The molecule has 0 bridgehead atoms. The van der Waals surface area contributed by atoms with Crippen LogP contribution in [0.2, 0.25) is 0 Å². The monoisotopic (exact) mass is 379 g/mol. The highest BCUT2D eigenvalue weighted by atomic mass is 32.1. The third-order valence-corrected chi connectivity index (χ3v) is 5.58. The Morgan fingerprint density at radius 2 is 2.19 bits per heavy atom. The van der Waals surface area contributed by atoms with Gasteiger partial charge in [0.15, 0.2) is 5.96 Å². The topological polar surface area (TPSA) is 85.8 Å². The molecule has 7 nitrogen and oxygen atoms in total. The Labute approximate surface area is 159 Å². The molecule has 1 aliphatic rings. The van der Waals surface area contributed by atoms with E-state index in [4.69, 9.17) is 0 Å². The van der Waals surface area contributed by atoms with Gasteiger partial charge in [-0.25, -0.2) is 4.79 Å². The highest BCUT2D eigenvalue weighted by Gasteiger charge is 2.45. The van der Waals surface area contributed by atoms with Crippen molar-refractivity contribution in [2.45, 2.75) is 52.1 Å². The third-order valence-electron chi connectivity index (χ3n) is 4.53. The molecule has 1 aromatic rings. The molecule has 144 valence electrons. The second-order valence-corrected chi connectivity index (χ2v) is 7.55. The standard InChI is InChI=1S/C18H29N5O2S/c1-5-18(4)15(24)23(17(25)22-18)11-8-10-20-16(19-6-2)21-13(3)14-9-7-12-26-14/h7,9,12-13H,5-6,8,10-11H2,1-4H3,(H,22,25)(H2,19,20,21). The number of amides is 3. The quantitative estimate of drug-likeness (QED) is 0.280. The Kier molecular flexibility index (Phi) is 7.02. The van der Waals surface area contributed by atoms with Gasteiger partial charge in [0.25, 0.3) is 5.91 Å². The number of nitrogens with one attached hydrogen (secondary N) is 3. The van der Waals surface area contributed by atoms with Crippen molar-refractivity contribution in [1.82, 2.24) is 20.9 Å². The zero-order valence-electron chi connectivity index (χ0n) is 16.0. The zero-order valence-corrected chi connectivity index (χ0v) is 16.8. The Balaban J connectivity index is 1.86. The summed E-state index contributed by atoms with van der Waals surface area (Å²) in [6, 6.07) is 3.99. The summed E-state index contributed by atoms with van der Waals surface area (Å²) in [5.74, 6) is 0.592. The van der Waals surface area contributed by atoms with E-state index in [2.05, 4.69) is 39.3 Å². The summed E-state index contributed by atoms with van der Waals surface area (Å²) < 4.78 is 0. The van der Waals surface area contributed by atoms with Gasteiger partial charge in [-0.1, -0.05) is 13.0 Å². The van der Waals surface area contributed by atoms with E-state index in [1.165, 1.54) is 9.78 Å². The van der Waals surface area contributed by atoms with E-state index in [0.717, 1.165) is 12.5 Å². The molecule has 1 saturated heterocycles. The number of thiophene rings is 1. The van der Waals surface area contributed by atoms with Crippen LogP contribution in [0, 0.1) is 0 Å². The molecule has 0 saturated carbocycles. The summed E-state index contributed by atoms with van der Waals surface area (Å²) in [4.78, 5) is 31.5. The molecule has 0 radical (unpaired) electrons. The number of rotatable bonds is 8. The van der Waals surface area contributed by atoms with E-state index < -0.39 is 5.54 Å². The largest absolute Gasteiger partial charge is 0.357 e. The smallest absolute Gasteiger partial charge is 0.325 e. The molecule has 0 aliphatic carbocycles. The predicted molar refractivity (Wildman–Crippen MR) is 105 cm³/mol. The number of guanidine groups is 1. The number of aliphatic imine (C=N–C) groups is 1. The molecular formula is C18H29N5O2S. The first-order chi connectivity index (χ1) is 12.4. The van der Waals surface area contributed by atoms with Gasteiger partial charge in [-0.15, -0.1) is 11.3 Å². The van der Waals surface area contributed by atoms with E-state index in [1.54, 1.807) is 18.3 Å². The zero-order chi connectivity index (χ0) is 19.2. The fraction of sp³-hybridized carbons (Fsp3) is 0.611. The van der Waals surface area contributed by atoms with Crippen LogP contribution in [0.5, 0.6) is 0 Å². The van der Waals surface area contributed by atoms with Crippen molar-refractivity contribution in [2.24, 2.45) is 4.99 Å². The van der Waals surface area contributed by atoms with E-state index in [1.807, 2.05) is 19.9 Å². The van der Waals surface area contributed by atoms with E-state index in [0.29, 0.717) is 25.9 Å². The number of hydrogen-bond donors (Lipinski definition) is 3. The molecule has 1 fully saturated rings. The van der Waals surface area contributed by atoms with Gasteiger partial charge in [0, 0.05) is 24.5 Å². The van der Waals surface area contributed by atoms with Crippen LogP contribution >= 0.6 is 11.3 Å². The van der Waals surface area contributed by atoms with Crippen LogP contribution in [0.1, 0.15) is 51.5 Å². The second kappa shape index (κ2) is 9.02. The molecule has 2 unspecified atom stereocenters. The van der Waals surface area contributed by atoms with E-state index in [9.17, 15) is 9.59 Å². The molecule has 2 rings (SSSR count). The third kappa shape index (κ3) is 4.75. The summed E-state index contributed by atoms with van der Waals surface area (Å²) in [7, 11) is 0. The maximum atomic E-state index is 12.4. The van der Waals surface area contributed by atoms with Crippen molar-refractivity contribution in [1.29, 1.82) is 0 Å². The lowest BCUT2D eigenvalue weighted by molar-refractivity contribution is -0.130. The highest BCUT2D eigenvalue weighted by molar-refractivity contribution is 7.10. The molecule has 1 aliphatic heterocycles. The molecule has 2 atom stereocenters. The molecule has 3 N–H and O–H groups in total. The number of urea groups is 1. The summed E-state index contributed by atoms with van der Waals surface area (Å²) in [5.41, 5.74) is -0.771. The van der Waals surface area contributed by atoms with Crippen molar-refractivity contribution in [3.63, 3.8) is 0 Å². The minimum atomic E-state index is -0.771. The average Bonchev–Trinajstić information content (AvgIpc) is 3.21. The van der Waals surface area contributed by atoms with Gasteiger partial charge in [-0.2, -0.15) is 0 Å². The number of hydrogen-bond acceptors (Lipinski definition) is 4. The van der Waals surface area contributed by atoms with Gasteiger partial charge in [0.05, 0.1) is 6.04 Å². The Morgan fingerprint density at radius 1 is 1.42 bits per heavy atom. The lowest BCUT2D eigenvalue weighted by Gasteiger charge is -2.19. The minimum Gasteiger partial charge on any atom is -0.357 e. The van der Waals surface area contributed by atoms with Crippen molar-refractivity contribution >= 4 is 29.2 Å². The van der Waals surface area contributed by atoms with Gasteiger partial charge in [0.2, 0.25) is 0 Å². The summed E-state index contributed by atoms with van der Waals surface area (Å²) in [5, 5.41) is 11.4. The Morgan fingerprint density at radius 3 is 2.77 bits per heavy atom. The fourth-order valence-electron chi connectivity index (χ4n) is 2.74. The average molecular weight is 380 g/mol. The lowest BCUT2D eigenvalue weighted by Crippen LogP contribution is -2.43. The van der Waals surface area contributed by atoms with E-state index in [-0.39, 0.29) is 18.0 Å². The fourth-order valence-corrected chi connectivity index (χ4v) is 3.48. The van der Waals surface area contributed by atoms with Gasteiger partial charge < -0.3 is 16.0 Å². The van der Waals surface area contributed by atoms with Crippen LogP contribution in [0.15, 0.2) is 22.5 Å². The normalized spacial score (nSPS) is 21.7. The molecule has 26 heavy (non-hydrogen) atoms. The van der Waals surface area contributed by atoms with Crippen molar-refractivity contribution in [2.75, 3.05) is 19.6 Å². The highest BCUT2D eigenvalue weighted by Crippen LogP contribution is 2.21.